The van der Waals surface area contributed by atoms with Crippen molar-refractivity contribution in [1.82, 2.24) is 5.32 Å². The Hall–Kier alpha value is -1.85. The number of rotatable bonds is 6. The van der Waals surface area contributed by atoms with Crippen LogP contribution in [0, 0.1) is 5.82 Å². The van der Waals surface area contributed by atoms with Gasteiger partial charge in [0.1, 0.15) is 18.1 Å². The summed E-state index contributed by atoms with van der Waals surface area (Å²) in [6.07, 6.45) is 0. The molecule has 0 radical (unpaired) electrons. The van der Waals surface area contributed by atoms with Crippen LogP contribution in [0.1, 0.15) is 30.0 Å². The number of hydrogen-bond acceptors (Lipinski definition) is 4. The highest BCUT2D eigenvalue weighted by atomic mass is 19.1. The van der Waals surface area contributed by atoms with E-state index in [-0.39, 0.29) is 24.2 Å². The van der Waals surface area contributed by atoms with E-state index >= 15 is 0 Å². The van der Waals surface area contributed by atoms with Crippen LogP contribution in [0.4, 0.5) is 4.39 Å². The summed E-state index contributed by atoms with van der Waals surface area (Å²) >= 11 is 0. The topological polar surface area (TPSA) is 54.6 Å². The van der Waals surface area contributed by atoms with Gasteiger partial charge in [0.2, 0.25) is 0 Å². The Kier molecular flexibility index (Phi) is 4.76. The summed E-state index contributed by atoms with van der Waals surface area (Å²) in [6, 6.07) is 8.39. The Balaban J connectivity index is 1.97. The highest BCUT2D eigenvalue weighted by Crippen LogP contribution is 2.22. The molecule has 0 bridgehead atoms. The number of hydrogen-bond donors (Lipinski definition) is 2. The molecule has 4 nitrogen and oxygen atoms in total. The number of halogens is 1. The molecule has 1 aromatic carbocycles. The van der Waals surface area contributed by atoms with E-state index in [0.717, 1.165) is 11.3 Å². The second-order valence-corrected chi connectivity index (χ2v) is 4.52. The minimum atomic E-state index is -0.376. The van der Waals surface area contributed by atoms with Crippen molar-refractivity contribution in [3.05, 3.63) is 53.2 Å². The van der Waals surface area contributed by atoms with Crippen molar-refractivity contribution in [2.75, 3.05) is 7.11 Å². The fraction of sp³-hybridized carbons (Fsp3) is 0.333. The van der Waals surface area contributed by atoms with Gasteiger partial charge in [-0.3, -0.25) is 0 Å². The Morgan fingerprint density at radius 2 is 2.05 bits per heavy atom. The van der Waals surface area contributed by atoms with Gasteiger partial charge in [0.05, 0.1) is 13.7 Å². The lowest BCUT2D eigenvalue weighted by Gasteiger charge is -2.14. The van der Waals surface area contributed by atoms with Crippen molar-refractivity contribution in [1.29, 1.82) is 0 Å². The Morgan fingerprint density at radius 1 is 1.30 bits per heavy atom. The molecule has 0 saturated heterocycles. The van der Waals surface area contributed by atoms with E-state index in [1.54, 1.807) is 18.2 Å². The first-order chi connectivity index (χ1) is 9.63. The lowest BCUT2D eigenvalue weighted by atomic mass is 10.1. The lowest BCUT2D eigenvalue weighted by Crippen LogP contribution is -2.17. The van der Waals surface area contributed by atoms with Gasteiger partial charge in [0.15, 0.2) is 11.6 Å². The van der Waals surface area contributed by atoms with Crippen molar-refractivity contribution in [2.24, 2.45) is 0 Å². The predicted octanol–water partition coefficient (Wildman–Crippen LogP) is 2.77. The molecule has 0 aliphatic heterocycles. The molecule has 1 aromatic heterocycles. The maximum absolute atomic E-state index is 13.6. The average Bonchev–Trinajstić information content (AvgIpc) is 2.92. The van der Waals surface area contributed by atoms with Crippen LogP contribution in [0.3, 0.4) is 0 Å². The van der Waals surface area contributed by atoms with Crippen LogP contribution in [0.25, 0.3) is 0 Å². The third kappa shape index (κ3) is 3.37. The van der Waals surface area contributed by atoms with E-state index in [0.29, 0.717) is 12.3 Å². The van der Waals surface area contributed by atoms with Crippen LogP contribution in [0.5, 0.6) is 5.75 Å². The van der Waals surface area contributed by atoms with Gasteiger partial charge in [0.25, 0.3) is 0 Å². The number of nitrogens with one attached hydrogen (secondary N) is 1. The summed E-state index contributed by atoms with van der Waals surface area (Å²) in [7, 11) is 1.44. The predicted molar refractivity (Wildman–Crippen MR) is 72.8 cm³/mol. The number of benzene rings is 1. The fourth-order valence-corrected chi connectivity index (χ4v) is 1.93. The molecular weight excluding hydrogens is 261 g/mol. The van der Waals surface area contributed by atoms with Crippen LogP contribution < -0.4 is 10.1 Å². The second kappa shape index (κ2) is 6.54. The zero-order valence-corrected chi connectivity index (χ0v) is 11.5. The third-order valence-electron chi connectivity index (χ3n) is 3.13. The summed E-state index contributed by atoms with van der Waals surface area (Å²) in [5.41, 5.74) is 0.831. The van der Waals surface area contributed by atoms with Crippen molar-refractivity contribution in [3.8, 4) is 5.75 Å². The minimum Gasteiger partial charge on any atom is -0.494 e. The smallest absolute Gasteiger partial charge is 0.165 e. The Labute approximate surface area is 117 Å². The van der Waals surface area contributed by atoms with E-state index in [1.165, 1.54) is 13.2 Å². The van der Waals surface area contributed by atoms with E-state index < -0.39 is 0 Å². The highest BCUT2D eigenvalue weighted by molar-refractivity contribution is 5.30. The zero-order chi connectivity index (χ0) is 14.5. The van der Waals surface area contributed by atoms with E-state index in [9.17, 15) is 4.39 Å². The molecule has 1 unspecified atom stereocenters. The van der Waals surface area contributed by atoms with E-state index in [4.69, 9.17) is 14.3 Å². The zero-order valence-electron chi connectivity index (χ0n) is 11.5. The quantitative estimate of drug-likeness (QED) is 0.853. The van der Waals surface area contributed by atoms with Crippen molar-refractivity contribution >= 4 is 0 Å². The molecule has 0 saturated carbocycles. The molecule has 108 valence electrons. The molecule has 0 spiro atoms. The second-order valence-electron chi connectivity index (χ2n) is 4.52. The van der Waals surface area contributed by atoms with Crippen molar-refractivity contribution in [2.45, 2.75) is 26.1 Å². The number of methoxy groups -OCH3 is 1. The first-order valence-electron chi connectivity index (χ1n) is 6.39. The molecule has 2 aromatic rings. The van der Waals surface area contributed by atoms with Gasteiger partial charge in [-0.05, 0) is 36.8 Å². The lowest BCUT2D eigenvalue weighted by molar-refractivity contribution is 0.242. The maximum atomic E-state index is 13.6. The van der Waals surface area contributed by atoms with Gasteiger partial charge in [-0.25, -0.2) is 4.39 Å². The number of aliphatic hydroxyl groups is 1. The van der Waals surface area contributed by atoms with Gasteiger partial charge in [-0.2, -0.15) is 0 Å². The maximum Gasteiger partial charge on any atom is 0.165 e. The first kappa shape index (κ1) is 14.6. The molecule has 0 aliphatic carbocycles. The summed E-state index contributed by atoms with van der Waals surface area (Å²) in [5.74, 6) is 1.12. The first-order valence-corrected chi connectivity index (χ1v) is 6.39. The van der Waals surface area contributed by atoms with Crippen LogP contribution in [-0.2, 0) is 13.2 Å². The van der Waals surface area contributed by atoms with Crippen LogP contribution in [-0.4, -0.2) is 12.2 Å². The van der Waals surface area contributed by atoms with Crippen LogP contribution in [0.2, 0.25) is 0 Å². The van der Waals surface area contributed by atoms with E-state index in [1.807, 2.05) is 13.0 Å². The van der Waals surface area contributed by atoms with Gasteiger partial charge in [-0.1, -0.05) is 6.07 Å². The third-order valence-corrected chi connectivity index (χ3v) is 3.13. The summed E-state index contributed by atoms with van der Waals surface area (Å²) < 4.78 is 23.9. The van der Waals surface area contributed by atoms with Gasteiger partial charge in [0, 0.05) is 6.04 Å². The molecule has 0 amide bonds. The molecular formula is C15H18FNO3. The molecule has 0 fully saturated rings. The van der Waals surface area contributed by atoms with Crippen molar-refractivity contribution in [3.63, 3.8) is 0 Å². The molecule has 2 rings (SSSR count). The highest BCUT2D eigenvalue weighted by Gasteiger charge is 2.10. The monoisotopic (exact) mass is 279 g/mol. The molecule has 2 N–H and O–H groups in total. The fourth-order valence-electron chi connectivity index (χ4n) is 1.93. The molecule has 20 heavy (non-hydrogen) atoms. The van der Waals surface area contributed by atoms with Gasteiger partial charge < -0.3 is 19.6 Å². The van der Waals surface area contributed by atoms with Gasteiger partial charge >= 0.3 is 0 Å². The van der Waals surface area contributed by atoms with Gasteiger partial charge in [-0.15, -0.1) is 0 Å². The summed E-state index contributed by atoms with van der Waals surface area (Å²) in [4.78, 5) is 0. The summed E-state index contributed by atoms with van der Waals surface area (Å²) in [6.45, 7) is 2.34. The molecule has 0 aliphatic rings. The summed E-state index contributed by atoms with van der Waals surface area (Å²) in [5, 5.41) is 12.2. The normalized spacial score (nSPS) is 12.4. The SMILES string of the molecule is COc1ccc(C(C)NCc2ccc(CO)o2)cc1F. The molecule has 5 heteroatoms. The minimum absolute atomic E-state index is 0.0296. The number of furan rings is 1. The van der Waals surface area contributed by atoms with E-state index in [2.05, 4.69) is 5.32 Å². The standard InChI is InChI=1S/C15H18FNO3/c1-10(11-3-6-15(19-2)14(16)7-11)17-8-12-4-5-13(9-18)20-12/h3-7,10,17-18H,8-9H2,1-2H3. The average molecular weight is 279 g/mol. The Bertz CT molecular complexity index is 568. The Morgan fingerprint density at radius 3 is 2.65 bits per heavy atom. The largest absolute Gasteiger partial charge is 0.494 e. The van der Waals surface area contributed by atoms with Crippen LogP contribution in [0.15, 0.2) is 34.7 Å². The van der Waals surface area contributed by atoms with Crippen LogP contribution >= 0.6 is 0 Å². The number of ether oxygens (including phenoxy) is 1. The number of aliphatic hydroxyl groups excluding tert-OH is 1. The molecule has 1 atom stereocenters. The molecule has 1 heterocycles. The van der Waals surface area contributed by atoms with Crippen molar-refractivity contribution < 1.29 is 18.7 Å².